The van der Waals surface area contributed by atoms with Crippen molar-refractivity contribution in [3.63, 3.8) is 0 Å². The molecule has 0 aromatic heterocycles. The van der Waals surface area contributed by atoms with Crippen LogP contribution in [-0.4, -0.2) is 6.61 Å². The maximum atomic E-state index is 12.2. The van der Waals surface area contributed by atoms with Crippen molar-refractivity contribution in [1.82, 2.24) is 0 Å². The molecule has 2 fully saturated rings. The van der Waals surface area contributed by atoms with Crippen LogP contribution in [0, 0.1) is 23.7 Å². The molecule has 0 heterocycles. The van der Waals surface area contributed by atoms with Gasteiger partial charge in [-0.2, -0.15) is 8.78 Å². The van der Waals surface area contributed by atoms with Crippen molar-refractivity contribution in [1.29, 1.82) is 0 Å². The normalized spacial score (nSPS) is 29.3. The summed E-state index contributed by atoms with van der Waals surface area (Å²) in [6.07, 6.45) is 15.6. The smallest absolute Gasteiger partial charge is 0.387 e. The Labute approximate surface area is 170 Å². The molecule has 1 aromatic carbocycles. The molecule has 0 unspecified atom stereocenters. The summed E-state index contributed by atoms with van der Waals surface area (Å²) in [7, 11) is 0. The third kappa shape index (κ3) is 6.58. The van der Waals surface area contributed by atoms with Crippen LogP contribution in [0.5, 0.6) is 5.75 Å². The molecule has 0 aliphatic heterocycles. The van der Waals surface area contributed by atoms with E-state index in [1.807, 2.05) is 17.1 Å². The van der Waals surface area contributed by atoms with E-state index >= 15 is 0 Å². The number of alkyl halides is 2. The Bertz CT molecular complexity index is 571. The fourth-order valence-corrected chi connectivity index (χ4v) is 5.50. The van der Waals surface area contributed by atoms with Crippen LogP contribution in [0.1, 0.15) is 63.4 Å². The van der Waals surface area contributed by atoms with Crippen LogP contribution in [0.3, 0.4) is 0 Å². The van der Waals surface area contributed by atoms with Gasteiger partial charge in [0.15, 0.2) is 0 Å². The third-order valence-corrected chi connectivity index (χ3v) is 7.01. The van der Waals surface area contributed by atoms with Crippen LogP contribution in [0.4, 0.5) is 8.78 Å². The largest absolute Gasteiger partial charge is 0.435 e. The summed E-state index contributed by atoms with van der Waals surface area (Å²) in [5.74, 6) is 3.75. The number of benzene rings is 1. The molecule has 1 nitrogen and oxygen atoms in total. The molecule has 2 aliphatic carbocycles. The van der Waals surface area contributed by atoms with E-state index in [1.165, 1.54) is 63.4 Å². The van der Waals surface area contributed by atoms with Crippen LogP contribution in [0.25, 0.3) is 0 Å². The number of ether oxygens (including phenoxy) is 1. The number of allylic oxidation sites excluding steroid dienone is 1. The van der Waals surface area contributed by atoms with Gasteiger partial charge < -0.3 is 4.74 Å². The summed E-state index contributed by atoms with van der Waals surface area (Å²) in [6.45, 7) is -2.75. The topological polar surface area (TPSA) is 9.23 Å². The van der Waals surface area contributed by atoms with Crippen molar-refractivity contribution in [2.45, 2.75) is 70.8 Å². The molecule has 150 valence electrons. The van der Waals surface area contributed by atoms with Crippen LogP contribution in [-0.2, 0) is 6.42 Å². The monoisotopic (exact) mass is 440 g/mol. The average Bonchev–Trinajstić information content (AvgIpc) is 2.68. The number of aryl methyl sites for hydroxylation is 1. The lowest BCUT2D eigenvalue weighted by Gasteiger charge is -2.37. The molecule has 0 N–H and O–H groups in total. The molecule has 0 radical (unpaired) electrons. The van der Waals surface area contributed by atoms with Crippen LogP contribution in [0.15, 0.2) is 35.3 Å². The summed E-state index contributed by atoms with van der Waals surface area (Å²) in [5, 5.41) is 0. The zero-order chi connectivity index (χ0) is 19.1. The van der Waals surface area contributed by atoms with Gasteiger partial charge in [0.1, 0.15) is 5.75 Å². The number of hydrogen-bond acceptors (Lipinski definition) is 1. The first kappa shape index (κ1) is 20.8. The Morgan fingerprint density at radius 1 is 0.926 bits per heavy atom. The molecule has 0 bridgehead atoms. The van der Waals surface area contributed by atoms with E-state index in [-0.39, 0.29) is 5.75 Å². The Hall–Kier alpha value is -0.900. The van der Waals surface area contributed by atoms with Crippen LogP contribution < -0.4 is 4.74 Å². The Kier molecular flexibility index (Phi) is 8.17. The molecular weight excluding hydrogens is 410 g/mol. The van der Waals surface area contributed by atoms with Crippen molar-refractivity contribution < 1.29 is 13.5 Å². The number of halogens is 3. The van der Waals surface area contributed by atoms with Gasteiger partial charge in [-0.1, -0.05) is 47.0 Å². The second kappa shape index (κ2) is 10.6. The summed E-state index contributed by atoms with van der Waals surface area (Å²) in [5.41, 5.74) is 1.22. The quantitative estimate of drug-likeness (QED) is 0.421. The Morgan fingerprint density at radius 3 is 2.07 bits per heavy atom. The summed E-state index contributed by atoms with van der Waals surface area (Å²) in [6, 6.07) is 7.14. The summed E-state index contributed by atoms with van der Waals surface area (Å²) >= 11 is 3.41. The lowest BCUT2D eigenvalue weighted by molar-refractivity contribution is -0.0498. The van der Waals surface area contributed by atoms with E-state index < -0.39 is 6.61 Å². The van der Waals surface area contributed by atoms with Crippen molar-refractivity contribution in [2.24, 2.45) is 23.7 Å². The van der Waals surface area contributed by atoms with E-state index in [0.717, 1.165) is 30.1 Å². The van der Waals surface area contributed by atoms with Gasteiger partial charge in [0.25, 0.3) is 0 Å². The predicted molar refractivity (Wildman–Crippen MR) is 110 cm³/mol. The minimum Gasteiger partial charge on any atom is -0.435 e. The first-order chi connectivity index (χ1) is 13.1. The van der Waals surface area contributed by atoms with Crippen molar-refractivity contribution >= 4 is 15.9 Å². The lowest BCUT2D eigenvalue weighted by atomic mass is 9.68. The maximum Gasteiger partial charge on any atom is 0.387 e. The molecule has 0 spiro atoms. The van der Waals surface area contributed by atoms with E-state index in [1.54, 1.807) is 12.1 Å². The fraction of sp³-hybridized carbons (Fsp3) is 0.652. The first-order valence-electron chi connectivity index (χ1n) is 10.4. The van der Waals surface area contributed by atoms with Gasteiger partial charge in [-0.05, 0) is 97.7 Å². The molecule has 0 saturated heterocycles. The van der Waals surface area contributed by atoms with E-state index in [0.29, 0.717) is 0 Å². The zero-order valence-corrected chi connectivity index (χ0v) is 17.6. The standard InChI is InChI=1S/C23H31BrF2O/c24-16-15-19-5-11-21(12-6-19)20-9-3-17(4-10-20)1-2-18-7-13-22(14-8-18)27-23(25)26/h7-8,13-17,19-21,23H,1-6,9-12H2/b16-15+. The maximum absolute atomic E-state index is 12.2. The second-order valence-electron chi connectivity index (χ2n) is 8.34. The van der Waals surface area contributed by atoms with Crippen LogP contribution in [0.2, 0.25) is 0 Å². The van der Waals surface area contributed by atoms with Gasteiger partial charge in [-0.3, -0.25) is 0 Å². The highest BCUT2D eigenvalue weighted by atomic mass is 79.9. The molecule has 0 atom stereocenters. The second-order valence-corrected chi connectivity index (χ2v) is 8.86. The first-order valence-corrected chi connectivity index (χ1v) is 11.4. The predicted octanol–water partition coefficient (Wildman–Crippen LogP) is 7.74. The highest BCUT2D eigenvalue weighted by Gasteiger charge is 2.30. The SMILES string of the molecule is FC(F)Oc1ccc(CCC2CCC(C3CCC(/C=C/Br)CC3)CC2)cc1. The molecule has 1 aromatic rings. The van der Waals surface area contributed by atoms with Crippen molar-refractivity contribution in [2.75, 3.05) is 0 Å². The lowest BCUT2D eigenvalue weighted by Crippen LogP contribution is -2.25. The highest BCUT2D eigenvalue weighted by Crippen LogP contribution is 2.42. The van der Waals surface area contributed by atoms with Gasteiger partial charge >= 0.3 is 6.61 Å². The molecule has 0 amide bonds. The van der Waals surface area contributed by atoms with E-state index in [9.17, 15) is 8.78 Å². The molecular formula is C23H31BrF2O. The number of hydrogen-bond donors (Lipinski definition) is 0. The van der Waals surface area contributed by atoms with Gasteiger partial charge in [-0.15, -0.1) is 0 Å². The average molecular weight is 441 g/mol. The highest BCUT2D eigenvalue weighted by molar-refractivity contribution is 9.11. The van der Waals surface area contributed by atoms with Gasteiger partial charge in [0.2, 0.25) is 0 Å². The molecule has 3 rings (SSSR count). The molecule has 27 heavy (non-hydrogen) atoms. The summed E-state index contributed by atoms with van der Waals surface area (Å²) < 4.78 is 28.8. The minimum atomic E-state index is -2.75. The van der Waals surface area contributed by atoms with Crippen molar-refractivity contribution in [3.8, 4) is 5.75 Å². The molecule has 2 aliphatic rings. The minimum absolute atomic E-state index is 0.246. The molecule has 2 saturated carbocycles. The van der Waals surface area contributed by atoms with E-state index in [2.05, 4.69) is 26.7 Å². The van der Waals surface area contributed by atoms with Crippen molar-refractivity contribution in [3.05, 3.63) is 40.9 Å². The fourth-order valence-electron chi connectivity index (χ4n) is 5.07. The Balaban J connectivity index is 1.36. The van der Waals surface area contributed by atoms with Gasteiger partial charge in [0, 0.05) is 0 Å². The Morgan fingerprint density at radius 2 is 1.52 bits per heavy atom. The molecule has 4 heteroatoms. The van der Waals surface area contributed by atoms with Gasteiger partial charge in [0.05, 0.1) is 0 Å². The van der Waals surface area contributed by atoms with E-state index in [4.69, 9.17) is 0 Å². The van der Waals surface area contributed by atoms with Crippen LogP contribution >= 0.6 is 15.9 Å². The third-order valence-electron chi connectivity index (χ3n) is 6.71. The number of rotatable bonds is 7. The van der Waals surface area contributed by atoms with Gasteiger partial charge in [-0.25, -0.2) is 0 Å². The summed E-state index contributed by atoms with van der Waals surface area (Å²) in [4.78, 5) is 2.03. The zero-order valence-electron chi connectivity index (χ0n) is 16.0.